The molecule has 84 valence electrons. The molecule has 0 bridgehead atoms. The SMILES string of the molecule is CC1CCC(Br)CC1Cc1cnn(C)n1. The van der Waals surface area contributed by atoms with Crippen molar-refractivity contribution in [2.24, 2.45) is 18.9 Å². The first-order valence-corrected chi connectivity index (χ1v) is 6.56. The molecule has 3 nitrogen and oxygen atoms in total. The van der Waals surface area contributed by atoms with Crippen molar-refractivity contribution in [2.45, 2.75) is 37.4 Å². The second-order valence-electron chi connectivity index (χ2n) is 4.68. The van der Waals surface area contributed by atoms with E-state index in [0.717, 1.165) is 24.0 Å². The number of aryl methyl sites for hydroxylation is 1. The molecule has 2 rings (SSSR count). The van der Waals surface area contributed by atoms with Crippen LogP contribution < -0.4 is 0 Å². The maximum atomic E-state index is 4.35. The number of nitrogens with zero attached hydrogens (tertiary/aromatic N) is 3. The lowest BCUT2D eigenvalue weighted by Gasteiger charge is -2.31. The van der Waals surface area contributed by atoms with Crippen LogP contribution in [0.3, 0.4) is 0 Å². The van der Waals surface area contributed by atoms with Crippen LogP contribution in [0.15, 0.2) is 6.20 Å². The van der Waals surface area contributed by atoms with Gasteiger partial charge in [-0.05, 0) is 37.5 Å². The third-order valence-corrected chi connectivity index (χ3v) is 4.25. The molecule has 0 aromatic carbocycles. The van der Waals surface area contributed by atoms with Crippen molar-refractivity contribution in [3.8, 4) is 0 Å². The fourth-order valence-corrected chi connectivity index (χ4v) is 3.14. The van der Waals surface area contributed by atoms with Crippen LogP contribution in [0.1, 0.15) is 31.9 Å². The topological polar surface area (TPSA) is 30.7 Å². The number of rotatable bonds is 2. The first kappa shape index (κ1) is 11.1. The molecule has 0 N–H and O–H groups in total. The quantitative estimate of drug-likeness (QED) is 0.775. The van der Waals surface area contributed by atoms with E-state index in [4.69, 9.17) is 0 Å². The lowest BCUT2D eigenvalue weighted by Crippen LogP contribution is -2.25. The van der Waals surface area contributed by atoms with Crippen LogP contribution in [0.2, 0.25) is 0 Å². The zero-order valence-electron chi connectivity index (χ0n) is 9.36. The summed E-state index contributed by atoms with van der Waals surface area (Å²) in [5.74, 6) is 1.58. The maximum Gasteiger partial charge on any atom is 0.0830 e. The largest absolute Gasteiger partial charge is 0.188 e. The van der Waals surface area contributed by atoms with Crippen LogP contribution in [0.5, 0.6) is 0 Å². The monoisotopic (exact) mass is 271 g/mol. The van der Waals surface area contributed by atoms with Gasteiger partial charge in [0.2, 0.25) is 0 Å². The van der Waals surface area contributed by atoms with E-state index in [9.17, 15) is 0 Å². The van der Waals surface area contributed by atoms with Crippen LogP contribution in [0.4, 0.5) is 0 Å². The molecule has 1 fully saturated rings. The van der Waals surface area contributed by atoms with Gasteiger partial charge < -0.3 is 0 Å². The van der Waals surface area contributed by atoms with Crippen molar-refractivity contribution in [3.63, 3.8) is 0 Å². The van der Waals surface area contributed by atoms with E-state index >= 15 is 0 Å². The van der Waals surface area contributed by atoms with Gasteiger partial charge in [0, 0.05) is 11.9 Å². The van der Waals surface area contributed by atoms with E-state index in [0.29, 0.717) is 4.83 Å². The molecule has 0 radical (unpaired) electrons. The van der Waals surface area contributed by atoms with Gasteiger partial charge in [0.15, 0.2) is 0 Å². The zero-order valence-corrected chi connectivity index (χ0v) is 10.9. The van der Waals surface area contributed by atoms with Crippen molar-refractivity contribution in [3.05, 3.63) is 11.9 Å². The fourth-order valence-electron chi connectivity index (χ4n) is 2.39. The van der Waals surface area contributed by atoms with Crippen molar-refractivity contribution in [1.29, 1.82) is 0 Å². The Labute approximate surface area is 99.4 Å². The van der Waals surface area contributed by atoms with E-state index in [-0.39, 0.29) is 0 Å². The summed E-state index contributed by atoms with van der Waals surface area (Å²) in [4.78, 5) is 2.35. The van der Waals surface area contributed by atoms with E-state index in [2.05, 4.69) is 33.1 Å². The molecule has 3 atom stereocenters. The van der Waals surface area contributed by atoms with Crippen LogP contribution in [0, 0.1) is 11.8 Å². The standard InChI is InChI=1S/C11H18BrN3/c1-8-3-4-10(12)5-9(8)6-11-7-13-15(2)14-11/h7-10H,3-6H2,1-2H3. The second kappa shape index (κ2) is 4.64. The number of hydrogen-bond acceptors (Lipinski definition) is 2. The van der Waals surface area contributed by atoms with Gasteiger partial charge in [0.05, 0.1) is 11.9 Å². The summed E-state index contributed by atoms with van der Waals surface area (Å²) in [6.45, 7) is 2.36. The Kier molecular flexibility index (Phi) is 3.44. The molecule has 0 saturated heterocycles. The Morgan fingerprint density at radius 1 is 1.53 bits per heavy atom. The molecule has 3 unspecified atom stereocenters. The molecule has 0 aliphatic heterocycles. The third-order valence-electron chi connectivity index (χ3n) is 3.42. The van der Waals surface area contributed by atoms with Crippen molar-refractivity contribution < 1.29 is 0 Å². The zero-order chi connectivity index (χ0) is 10.8. The van der Waals surface area contributed by atoms with Gasteiger partial charge >= 0.3 is 0 Å². The second-order valence-corrected chi connectivity index (χ2v) is 5.97. The minimum absolute atomic E-state index is 0.704. The third kappa shape index (κ3) is 2.80. The highest BCUT2D eigenvalue weighted by Gasteiger charge is 2.26. The molecule has 0 spiro atoms. The summed E-state index contributed by atoms with van der Waals surface area (Å²) in [5, 5.41) is 8.47. The van der Waals surface area contributed by atoms with Crippen molar-refractivity contribution >= 4 is 15.9 Å². The van der Waals surface area contributed by atoms with Gasteiger partial charge in [-0.3, -0.25) is 0 Å². The fraction of sp³-hybridized carbons (Fsp3) is 0.818. The molecule has 1 aliphatic carbocycles. The highest BCUT2D eigenvalue weighted by atomic mass is 79.9. The lowest BCUT2D eigenvalue weighted by molar-refractivity contribution is 0.261. The summed E-state index contributed by atoms with van der Waals surface area (Å²) in [5.41, 5.74) is 1.14. The molecule has 4 heteroatoms. The van der Waals surface area contributed by atoms with Crippen molar-refractivity contribution in [2.75, 3.05) is 0 Å². The summed E-state index contributed by atoms with van der Waals surface area (Å²) in [7, 11) is 1.88. The molecule has 1 heterocycles. The predicted octanol–water partition coefficient (Wildman–Crippen LogP) is 2.56. The van der Waals surface area contributed by atoms with Crippen LogP contribution in [-0.2, 0) is 13.5 Å². The Morgan fingerprint density at radius 3 is 3.00 bits per heavy atom. The van der Waals surface area contributed by atoms with E-state index in [1.165, 1.54) is 19.3 Å². The highest BCUT2D eigenvalue weighted by molar-refractivity contribution is 9.09. The molecule has 1 aliphatic rings. The van der Waals surface area contributed by atoms with E-state index in [1.54, 1.807) is 4.80 Å². The summed E-state index contributed by atoms with van der Waals surface area (Å²) >= 11 is 3.73. The molecule has 15 heavy (non-hydrogen) atoms. The van der Waals surface area contributed by atoms with Crippen LogP contribution in [-0.4, -0.2) is 19.8 Å². The normalized spacial score (nSPS) is 31.8. The maximum absolute atomic E-state index is 4.35. The van der Waals surface area contributed by atoms with Crippen LogP contribution in [0.25, 0.3) is 0 Å². The molecule has 1 aromatic heterocycles. The number of hydrogen-bond donors (Lipinski definition) is 0. The molecule has 1 aromatic rings. The van der Waals surface area contributed by atoms with Gasteiger partial charge in [-0.2, -0.15) is 15.0 Å². The number of aromatic nitrogens is 3. The Balaban J connectivity index is 1.98. The number of halogens is 1. The molecule has 1 saturated carbocycles. The van der Waals surface area contributed by atoms with Gasteiger partial charge in [0.1, 0.15) is 0 Å². The minimum Gasteiger partial charge on any atom is -0.188 e. The average molecular weight is 272 g/mol. The minimum atomic E-state index is 0.704. The Morgan fingerprint density at radius 2 is 2.33 bits per heavy atom. The van der Waals surface area contributed by atoms with Crippen molar-refractivity contribution in [1.82, 2.24) is 15.0 Å². The van der Waals surface area contributed by atoms with E-state index < -0.39 is 0 Å². The van der Waals surface area contributed by atoms with Gasteiger partial charge in [-0.25, -0.2) is 0 Å². The summed E-state index contributed by atoms with van der Waals surface area (Å²) < 4.78 is 0. The summed E-state index contributed by atoms with van der Waals surface area (Å²) in [6.07, 6.45) is 6.90. The predicted molar refractivity (Wildman–Crippen MR) is 63.9 cm³/mol. The number of alkyl halides is 1. The molecule has 0 amide bonds. The van der Waals surface area contributed by atoms with Gasteiger partial charge in [0.25, 0.3) is 0 Å². The Hall–Kier alpha value is -0.380. The smallest absolute Gasteiger partial charge is 0.0830 e. The highest BCUT2D eigenvalue weighted by Crippen LogP contribution is 2.35. The molecular weight excluding hydrogens is 254 g/mol. The summed E-state index contributed by atoms with van der Waals surface area (Å²) in [6, 6.07) is 0. The Bertz CT molecular complexity index is 323. The lowest BCUT2D eigenvalue weighted by atomic mass is 9.78. The first-order chi connectivity index (χ1) is 7.15. The van der Waals surface area contributed by atoms with Crippen LogP contribution >= 0.6 is 15.9 Å². The first-order valence-electron chi connectivity index (χ1n) is 5.64. The van der Waals surface area contributed by atoms with Gasteiger partial charge in [-0.15, -0.1) is 0 Å². The van der Waals surface area contributed by atoms with Gasteiger partial charge in [-0.1, -0.05) is 22.9 Å². The molecular formula is C11H18BrN3. The van der Waals surface area contributed by atoms with E-state index in [1.807, 2.05) is 13.2 Å². The average Bonchev–Trinajstić information content (AvgIpc) is 2.58.